The first kappa shape index (κ1) is 15.5. The fourth-order valence-corrected chi connectivity index (χ4v) is 2.55. The largest absolute Gasteiger partial charge is 0.444 e. The average Bonchev–Trinajstić information content (AvgIpc) is 2.84. The summed E-state index contributed by atoms with van der Waals surface area (Å²) in [5.74, 6) is 0.681. The van der Waals surface area contributed by atoms with Gasteiger partial charge >= 0.3 is 6.09 Å². The van der Waals surface area contributed by atoms with Crippen molar-refractivity contribution in [1.29, 1.82) is 0 Å². The van der Waals surface area contributed by atoms with E-state index in [1.54, 1.807) is 11.1 Å². The molecule has 1 atom stereocenters. The van der Waals surface area contributed by atoms with Gasteiger partial charge in [-0.3, -0.25) is 9.88 Å². The number of pyridine rings is 1. The van der Waals surface area contributed by atoms with Crippen LogP contribution in [0.2, 0.25) is 0 Å². The fourth-order valence-electron chi connectivity index (χ4n) is 2.55. The summed E-state index contributed by atoms with van der Waals surface area (Å²) >= 11 is 0. The van der Waals surface area contributed by atoms with E-state index in [2.05, 4.69) is 10.1 Å². The number of carbonyl (C=O) groups is 1. The van der Waals surface area contributed by atoms with Gasteiger partial charge in [-0.25, -0.2) is 4.79 Å². The zero-order chi connectivity index (χ0) is 16.6. The van der Waals surface area contributed by atoms with Crippen molar-refractivity contribution < 1.29 is 14.1 Å². The third-order valence-electron chi connectivity index (χ3n) is 3.79. The van der Waals surface area contributed by atoms with Crippen LogP contribution in [-0.4, -0.2) is 33.3 Å². The van der Waals surface area contributed by atoms with E-state index in [4.69, 9.17) is 9.26 Å². The summed E-state index contributed by atoms with van der Waals surface area (Å²) in [6, 6.07) is 5.59. The van der Waals surface area contributed by atoms with E-state index in [1.807, 2.05) is 45.9 Å². The van der Waals surface area contributed by atoms with Crippen LogP contribution in [0.4, 0.5) is 4.79 Å². The molecule has 0 bridgehead atoms. The molecule has 2 aromatic rings. The molecule has 23 heavy (non-hydrogen) atoms. The van der Waals surface area contributed by atoms with Crippen LogP contribution in [0, 0.1) is 6.92 Å². The van der Waals surface area contributed by atoms with E-state index >= 15 is 0 Å². The van der Waals surface area contributed by atoms with E-state index in [9.17, 15) is 4.79 Å². The maximum atomic E-state index is 12.2. The van der Waals surface area contributed by atoms with Gasteiger partial charge in [0.1, 0.15) is 11.3 Å². The predicted molar refractivity (Wildman–Crippen MR) is 84.8 cm³/mol. The molecule has 122 valence electrons. The third-order valence-corrected chi connectivity index (χ3v) is 3.79. The van der Waals surface area contributed by atoms with Crippen LogP contribution in [0.25, 0.3) is 11.3 Å². The van der Waals surface area contributed by atoms with Gasteiger partial charge in [-0.05, 0) is 46.2 Å². The van der Waals surface area contributed by atoms with Gasteiger partial charge in [0, 0.05) is 30.1 Å². The number of aromatic nitrogens is 2. The Kier molecular flexibility index (Phi) is 3.83. The number of hydrogen-bond acceptors (Lipinski definition) is 5. The summed E-state index contributed by atoms with van der Waals surface area (Å²) < 4.78 is 10.9. The van der Waals surface area contributed by atoms with Gasteiger partial charge in [0.25, 0.3) is 0 Å². The van der Waals surface area contributed by atoms with Crippen LogP contribution in [0.1, 0.15) is 44.7 Å². The highest BCUT2D eigenvalue weighted by atomic mass is 16.6. The summed E-state index contributed by atoms with van der Waals surface area (Å²) in [4.78, 5) is 18.1. The van der Waals surface area contributed by atoms with Crippen molar-refractivity contribution in [2.75, 3.05) is 6.54 Å². The first-order chi connectivity index (χ1) is 10.8. The minimum absolute atomic E-state index is 0.108. The Bertz CT molecular complexity index is 718. The maximum absolute atomic E-state index is 12.2. The average molecular weight is 315 g/mol. The van der Waals surface area contributed by atoms with Crippen LogP contribution >= 0.6 is 0 Å². The molecule has 0 spiro atoms. The van der Waals surface area contributed by atoms with Crippen molar-refractivity contribution in [1.82, 2.24) is 15.0 Å². The van der Waals surface area contributed by atoms with Crippen molar-refractivity contribution in [3.63, 3.8) is 0 Å². The number of rotatable bonds is 2. The normalized spacial score (nSPS) is 17.7. The van der Waals surface area contributed by atoms with Gasteiger partial charge in [0.15, 0.2) is 5.76 Å². The standard InChI is InChI=1S/C17H21N3O3/c1-11-12(6-5-8-18-11)13-10-15(23-19-13)14-7-9-20(14)16(21)22-17(2,3)4/h5-6,8,10,14H,7,9H2,1-4H3. The van der Waals surface area contributed by atoms with Gasteiger partial charge in [-0.1, -0.05) is 5.16 Å². The van der Waals surface area contributed by atoms with Crippen LogP contribution in [-0.2, 0) is 4.74 Å². The summed E-state index contributed by atoms with van der Waals surface area (Å²) in [7, 11) is 0. The fraction of sp³-hybridized carbons (Fsp3) is 0.471. The Hall–Kier alpha value is -2.37. The first-order valence-corrected chi connectivity index (χ1v) is 7.73. The Balaban J connectivity index is 1.76. The molecule has 1 fully saturated rings. The van der Waals surface area contributed by atoms with Gasteiger partial charge < -0.3 is 9.26 Å². The SMILES string of the molecule is Cc1ncccc1-c1cc(C2CCN2C(=O)OC(C)(C)C)on1. The lowest BCUT2D eigenvalue weighted by atomic mass is 10.00. The highest BCUT2D eigenvalue weighted by molar-refractivity contribution is 5.70. The van der Waals surface area contributed by atoms with Crippen molar-refractivity contribution in [2.45, 2.75) is 45.8 Å². The molecule has 0 N–H and O–H groups in total. The number of hydrogen-bond donors (Lipinski definition) is 0. The first-order valence-electron chi connectivity index (χ1n) is 7.73. The number of aryl methyl sites for hydroxylation is 1. The van der Waals surface area contributed by atoms with E-state index in [0.717, 1.165) is 23.4 Å². The second kappa shape index (κ2) is 5.68. The van der Waals surface area contributed by atoms with Crippen LogP contribution < -0.4 is 0 Å². The number of amides is 1. The zero-order valence-electron chi connectivity index (χ0n) is 13.9. The van der Waals surface area contributed by atoms with Gasteiger partial charge in [-0.2, -0.15) is 0 Å². The van der Waals surface area contributed by atoms with Crippen LogP contribution in [0.15, 0.2) is 28.9 Å². The predicted octanol–water partition coefficient (Wildman–Crippen LogP) is 3.73. The monoisotopic (exact) mass is 315 g/mol. The Labute approximate surface area is 135 Å². The minimum Gasteiger partial charge on any atom is -0.444 e. The molecule has 0 aliphatic carbocycles. The lowest BCUT2D eigenvalue weighted by molar-refractivity contribution is -0.0108. The number of ether oxygens (including phenoxy) is 1. The van der Waals surface area contributed by atoms with Gasteiger partial charge in [-0.15, -0.1) is 0 Å². The molecule has 1 aliphatic rings. The molecule has 3 heterocycles. The molecule has 1 saturated heterocycles. The highest BCUT2D eigenvalue weighted by Crippen LogP contribution is 2.36. The molecule has 3 rings (SSSR count). The number of carbonyl (C=O) groups excluding carboxylic acids is 1. The smallest absolute Gasteiger partial charge is 0.410 e. The van der Waals surface area contributed by atoms with Gasteiger partial charge in [0.2, 0.25) is 0 Å². The molecule has 6 heteroatoms. The van der Waals surface area contributed by atoms with Crippen LogP contribution in [0.3, 0.4) is 0 Å². The number of likely N-dealkylation sites (tertiary alicyclic amines) is 1. The Morgan fingerprint density at radius 1 is 1.43 bits per heavy atom. The molecule has 0 aromatic carbocycles. The molecule has 1 unspecified atom stereocenters. The summed E-state index contributed by atoms with van der Waals surface area (Å²) in [5.41, 5.74) is 2.06. The van der Waals surface area contributed by atoms with Crippen LogP contribution in [0.5, 0.6) is 0 Å². The summed E-state index contributed by atoms with van der Waals surface area (Å²) in [6.45, 7) is 8.17. The van der Waals surface area contributed by atoms with E-state index in [-0.39, 0.29) is 12.1 Å². The Morgan fingerprint density at radius 2 is 2.22 bits per heavy atom. The summed E-state index contributed by atoms with van der Waals surface area (Å²) in [6.07, 6.45) is 2.28. The molecule has 1 amide bonds. The third kappa shape index (κ3) is 3.21. The zero-order valence-corrected chi connectivity index (χ0v) is 13.9. The van der Waals surface area contributed by atoms with Gasteiger partial charge in [0.05, 0.1) is 6.04 Å². The molecule has 0 radical (unpaired) electrons. The van der Waals surface area contributed by atoms with Crippen molar-refractivity contribution >= 4 is 6.09 Å². The highest BCUT2D eigenvalue weighted by Gasteiger charge is 2.38. The summed E-state index contributed by atoms with van der Waals surface area (Å²) in [5, 5.41) is 4.12. The quantitative estimate of drug-likeness (QED) is 0.844. The molecule has 2 aromatic heterocycles. The van der Waals surface area contributed by atoms with Crippen molar-refractivity contribution in [3.05, 3.63) is 35.9 Å². The van der Waals surface area contributed by atoms with Crippen molar-refractivity contribution in [2.24, 2.45) is 0 Å². The molecule has 6 nitrogen and oxygen atoms in total. The minimum atomic E-state index is -0.503. The molecular formula is C17H21N3O3. The second-order valence-corrected chi connectivity index (χ2v) is 6.73. The lowest BCUT2D eigenvalue weighted by Crippen LogP contribution is -2.47. The molecule has 0 saturated carbocycles. The van der Waals surface area contributed by atoms with Crippen molar-refractivity contribution in [3.8, 4) is 11.3 Å². The Morgan fingerprint density at radius 3 is 2.83 bits per heavy atom. The topological polar surface area (TPSA) is 68.5 Å². The van der Waals surface area contributed by atoms with E-state index < -0.39 is 5.60 Å². The molecule has 1 aliphatic heterocycles. The second-order valence-electron chi connectivity index (χ2n) is 6.73. The molecular weight excluding hydrogens is 294 g/mol. The lowest BCUT2D eigenvalue weighted by Gasteiger charge is -2.39. The van der Waals surface area contributed by atoms with E-state index in [1.165, 1.54) is 0 Å². The number of nitrogens with zero attached hydrogens (tertiary/aromatic N) is 3. The van der Waals surface area contributed by atoms with E-state index in [0.29, 0.717) is 12.3 Å². The maximum Gasteiger partial charge on any atom is 0.410 e.